The SMILES string of the molecule is COc1ccc(Br)cc1C1NC(CC(=O)O)(C(=O)O)C2C(=O)N(c3ccc(C)c(Cl)c3)C(=O)C12. The Balaban J connectivity index is 1.92. The fourth-order valence-electron chi connectivity index (χ4n) is 4.87. The van der Waals surface area contributed by atoms with Crippen molar-refractivity contribution in [1.82, 2.24) is 5.32 Å². The van der Waals surface area contributed by atoms with E-state index in [0.717, 1.165) is 10.5 Å². The predicted molar refractivity (Wildman–Crippen MR) is 125 cm³/mol. The highest BCUT2D eigenvalue weighted by Gasteiger charge is 2.69. The van der Waals surface area contributed by atoms with Crippen LogP contribution in [0.4, 0.5) is 5.69 Å². The third-order valence-corrected chi connectivity index (χ3v) is 7.31. The highest BCUT2D eigenvalue weighted by molar-refractivity contribution is 9.10. The second-order valence-corrected chi connectivity index (χ2v) is 9.63. The fraction of sp³-hybridized carbons (Fsp3) is 0.304. The topological polar surface area (TPSA) is 133 Å². The summed E-state index contributed by atoms with van der Waals surface area (Å²) in [5.74, 6) is -6.72. The van der Waals surface area contributed by atoms with E-state index in [9.17, 15) is 29.4 Å². The van der Waals surface area contributed by atoms with Crippen molar-refractivity contribution in [2.24, 2.45) is 11.8 Å². The second-order valence-electron chi connectivity index (χ2n) is 8.30. The zero-order chi connectivity index (χ0) is 24.9. The molecule has 11 heteroatoms. The molecule has 4 atom stereocenters. The van der Waals surface area contributed by atoms with Gasteiger partial charge in [0.15, 0.2) is 0 Å². The first kappa shape index (κ1) is 24.2. The van der Waals surface area contributed by atoms with Gasteiger partial charge in [0.25, 0.3) is 0 Å². The summed E-state index contributed by atoms with van der Waals surface area (Å²) < 4.78 is 6.05. The van der Waals surface area contributed by atoms with E-state index in [0.29, 0.717) is 20.8 Å². The maximum absolute atomic E-state index is 13.7. The van der Waals surface area contributed by atoms with Crippen LogP contribution in [0.15, 0.2) is 40.9 Å². The normalized spacial score (nSPS) is 26.0. The number of carboxylic acids is 2. The summed E-state index contributed by atoms with van der Waals surface area (Å²) in [7, 11) is 1.42. The molecule has 9 nitrogen and oxygen atoms in total. The Bertz CT molecular complexity index is 1240. The molecular formula is C23H20BrClN2O7. The zero-order valence-corrected chi connectivity index (χ0v) is 20.4. The van der Waals surface area contributed by atoms with Gasteiger partial charge in [0.05, 0.1) is 31.1 Å². The van der Waals surface area contributed by atoms with Crippen LogP contribution in [0, 0.1) is 18.8 Å². The Hall–Kier alpha value is -2.95. The molecule has 2 fully saturated rings. The molecule has 178 valence electrons. The van der Waals surface area contributed by atoms with Crippen LogP contribution in [0.1, 0.15) is 23.6 Å². The number of carbonyl (C=O) groups excluding carboxylic acids is 2. The van der Waals surface area contributed by atoms with Crippen LogP contribution >= 0.6 is 27.5 Å². The van der Waals surface area contributed by atoms with Gasteiger partial charge in [-0.1, -0.05) is 33.6 Å². The number of fused-ring (bicyclic) bond motifs is 1. The molecule has 0 radical (unpaired) electrons. The van der Waals surface area contributed by atoms with Crippen molar-refractivity contribution in [3.63, 3.8) is 0 Å². The molecule has 0 saturated carbocycles. The largest absolute Gasteiger partial charge is 0.496 e. The van der Waals surface area contributed by atoms with Crippen molar-refractivity contribution in [2.75, 3.05) is 12.0 Å². The molecule has 0 spiro atoms. The smallest absolute Gasteiger partial charge is 0.325 e. The number of rotatable bonds is 6. The molecule has 2 aliphatic rings. The van der Waals surface area contributed by atoms with E-state index < -0.39 is 53.6 Å². The number of imide groups is 1. The Morgan fingerprint density at radius 1 is 1.18 bits per heavy atom. The van der Waals surface area contributed by atoms with Crippen molar-refractivity contribution in [3.8, 4) is 5.75 Å². The summed E-state index contributed by atoms with van der Waals surface area (Å²) >= 11 is 9.57. The van der Waals surface area contributed by atoms with Crippen molar-refractivity contribution in [1.29, 1.82) is 0 Å². The van der Waals surface area contributed by atoms with Crippen molar-refractivity contribution >= 4 is 57.0 Å². The number of hydrogen-bond acceptors (Lipinski definition) is 6. The number of nitrogens with zero attached hydrogens (tertiary/aromatic N) is 1. The minimum absolute atomic E-state index is 0.189. The molecule has 0 bridgehead atoms. The third-order valence-electron chi connectivity index (χ3n) is 6.41. The summed E-state index contributed by atoms with van der Waals surface area (Å²) in [5.41, 5.74) is -0.876. The maximum Gasteiger partial charge on any atom is 0.325 e. The molecule has 4 rings (SSSR count). The summed E-state index contributed by atoms with van der Waals surface area (Å²) in [6, 6.07) is 8.62. The zero-order valence-electron chi connectivity index (χ0n) is 18.0. The van der Waals surface area contributed by atoms with Crippen molar-refractivity contribution < 1.29 is 34.1 Å². The average molecular weight is 552 g/mol. The van der Waals surface area contributed by atoms with Crippen molar-refractivity contribution in [3.05, 3.63) is 57.0 Å². The summed E-state index contributed by atoms with van der Waals surface area (Å²) in [6.07, 6.45) is -0.905. The van der Waals surface area contributed by atoms with E-state index in [1.807, 2.05) is 0 Å². The number of carboxylic acid groups (broad SMARTS) is 2. The Kier molecular flexibility index (Phi) is 6.17. The molecule has 2 heterocycles. The molecule has 0 aromatic heterocycles. The molecule has 2 aromatic carbocycles. The van der Waals surface area contributed by atoms with Crippen molar-refractivity contribution in [2.45, 2.75) is 24.9 Å². The molecule has 0 aliphatic carbocycles. The number of anilines is 1. The minimum atomic E-state index is -2.22. The van der Waals surface area contributed by atoms with E-state index in [4.69, 9.17) is 16.3 Å². The molecule has 2 saturated heterocycles. The minimum Gasteiger partial charge on any atom is -0.496 e. The lowest BCUT2D eigenvalue weighted by Gasteiger charge is -2.30. The fourth-order valence-corrected chi connectivity index (χ4v) is 5.42. The summed E-state index contributed by atoms with van der Waals surface area (Å²) in [6.45, 7) is 1.76. The third kappa shape index (κ3) is 3.66. The highest BCUT2D eigenvalue weighted by atomic mass is 79.9. The lowest BCUT2D eigenvalue weighted by Crippen LogP contribution is -2.57. The first-order valence-electron chi connectivity index (χ1n) is 10.2. The van der Waals surface area contributed by atoms with Gasteiger partial charge in [-0.3, -0.25) is 24.5 Å². The second kappa shape index (κ2) is 8.68. The first-order chi connectivity index (χ1) is 16.0. The summed E-state index contributed by atoms with van der Waals surface area (Å²) in [4.78, 5) is 52.5. The number of carbonyl (C=O) groups is 4. The predicted octanol–water partition coefficient (Wildman–Crippen LogP) is 3.17. The number of amides is 2. The number of aliphatic carboxylic acids is 2. The van der Waals surface area contributed by atoms with Gasteiger partial charge in [-0.05, 0) is 42.8 Å². The van der Waals surface area contributed by atoms with Gasteiger partial charge >= 0.3 is 11.9 Å². The highest BCUT2D eigenvalue weighted by Crippen LogP contribution is 2.52. The number of ether oxygens (including phenoxy) is 1. The quantitative estimate of drug-likeness (QED) is 0.466. The maximum atomic E-state index is 13.7. The Morgan fingerprint density at radius 2 is 1.88 bits per heavy atom. The van der Waals surface area contributed by atoms with Crippen LogP contribution in [-0.4, -0.2) is 46.6 Å². The van der Waals surface area contributed by atoms with E-state index in [-0.39, 0.29) is 5.69 Å². The molecule has 2 amide bonds. The molecule has 3 N–H and O–H groups in total. The van der Waals surface area contributed by atoms with E-state index >= 15 is 0 Å². The summed E-state index contributed by atoms with van der Waals surface area (Å²) in [5, 5.41) is 22.9. The Labute approximate surface area is 207 Å². The van der Waals surface area contributed by atoms with Gasteiger partial charge in [-0.2, -0.15) is 0 Å². The number of hydrogen-bond donors (Lipinski definition) is 3. The number of benzene rings is 2. The Morgan fingerprint density at radius 3 is 2.47 bits per heavy atom. The van der Waals surface area contributed by atoms with Gasteiger partial charge in [-0.25, -0.2) is 4.90 Å². The van der Waals surface area contributed by atoms with Crippen LogP contribution in [0.5, 0.6) is 5.75 Å². The van der Waals surface area contributed by atoms with Crippen LogP contribution in [0.2, 0.25) is 5.02 Å². The number of nitrogens with one attached hydrogen (secondary N) is 1. The van der Waals surface area contributed by atoms with Gasteiger partial charge in [-0.15, -0.1) is 0 Å². The van der Waals surface area contributed by atoms with E-state index in [1.54, 1.807) is 37.3 Å². The monoisotopic (exact) mass is 550 g/mol. The van der Waals surface area contributed by atoms with Crippen LogP contribution in [0.25, 0.3) is 0 Å². The van der Waals surface area contributed by atoms with Crippen LogP contribution < -0.4 is 15.0 Å². The molecular weight excluding hydrogens is 532 g/mol. The number of aryl methyl sites for hydroxylation is 1. The number of methoxy groups -OCH3 is 1. The standard InChI is InChI=1S/C23H20BrClN2O7/c1-10-3-5-12(8-14(10)25)27-20(30)17-18(21(27)31)23(22(32)33,9-16(28)29)26-19(17)13-7-11(24)4-6-15(13)34-2/h3-8,17-19,26H,9H2,1-2H3,(H,28,29)(H,32,33). The molecule has 2 aliphatic heterocycles. The van der Waals surface area contributed by atoms with E-state index in [2.05, 4.69) is 21.2 Å². The van der Waals surface area contributed by atoms with Gasteiger partial charge in [0.2, 0.25) is 11.8 Å². The molecule has 4 unspecified atom stereocenters. The van der Waals surface area contributed by atoms with Crippen LogP contribution in [0.3, 0.4) is 0 Å². The van der Waals surface area contributed by atoms with Crippen LogP contribution in [-0.2, 0) is 19.2 Å². The van der Waals surface area contributed by atoms with Gasteiger partial charge in [0.1, 0.15) is 11.3 Å². The number of halogens is 2. The molecule has 2 aromatic rings. The van der Waals surface area contributed by atoms with E-state index in [1.165, 1.54) is 13.2 Å². The lowest BCUT2D eigenvalue weighted by atomic mass is 9.77. The lowest BCUT2D eigenvalue weighted by molar-refractivity contribution is -0.154. The van der Waals surface area contributed by atoms with Gasteiger partial charge in [0, 0.05) is 21.1 Å². The van der Waals surface area contributed by atoms with Gasteiger partial charge < -0.3 is 14.9 Å². The first-order valence-corrected chi connectivity index (χ1v) is 11.4. The average Bonchev–Trinajstić information content (AvgIpc) is 3.24. The molecule has 34 heavy (non-hydrogen) atoms.